The first kappa shape index (κ1) is 18.3. The molecule has 1 fully saturated rings. The summed E-state index contributed by atoms with van der Waals surface area (Å²) in [5.41, 5.74) is 2.52. The molecule has 1 saturated heterocycles. The number of hydrogen-bond donors (Lipinski definition) is 1. The van der Waals surface area contributed by atoms with Gasteiger partial charge in [0.05, 0.1) is 34.9 Å². The van der Waals surface area contributed by atoms with Gasteiger partial charge >= 0.3 is 0 Å². The van der Waals surface area contributed by atoms with Crippen molar-refractivity contribution in [2.24, 2.45) is 0 Å². The van der Waals surface area contributed by atoms with Crippen molar-refractivity contribution in [2.75, 3.05) is 20.3 Å². The van der Waals surface area contributed by atoms with Crippen LogP contribution in [0.3, 0.4) is 0 Å². The maximum atomic E-state index is 13.4. The Balaban J connectivity index is 1.73. The molecule has 0 bridgehead atoms. The number of rotatable bonds is 5. The number of halogens is 1. The second kappa shape index (κ2) is 7.25. The van der Waals surface area contributed by atoms with Gasteiger partial charge < -0.3 is 14.6 Å². The number of hydrogen-bond acceptors (Lipinski definition) is 6. The van der Waals surface area contributed by atoms with E-state index in [0.29, 0.717) is 35.0 Å². The summed E-state index contributed by atoms with van der Waals surface area (Å²) in [6.07, 6.45) is 5.60. The number of para-hydroxylation sites is 1. The minimum atomic E-state index is -0.203. The monoisotopic (exact) mass is 413 g/mol. The van der Waals surface area contributed by atoms with Crippen LogP contribution >= 0.6 is 11.6 Å². The minimum absolute atomic E-state index is 0.190. The Morgan fingerprint density at radius 3 is 3.03 bits per heavy atom. The Morgan fingerprint density at radius 2 is 2.24 bits per heavy atom. The third kappa shape index (κ3) is 2.93. The first-order valence-corrected chi connectivity index (χ1v) is 9.90. The SMILES string of the molecule is COCCn1c(=O)c2c(-n3cc(C4CCCN4)nn3)ncn2c2cccc(Cl)c21. The molecule has 10 heteroatoms. The molecular formula is C19H20ClN7O2. The van der Waals surface area contributed by atoms with Crippen molar-refractivity contribution in [1.82, 2.24) is 34.3 Å². The van der Waals surface area contributed by atoms with Gasteiger partial charge in [-0.05, 0) is 31.5 Å². The summed E-state index contributed by atoms with van der Waals surface area (Å²) in [7, 11) is 1.60. The van der Waals surface area contributed by atoms with Crippen LogP contribution in [0.4, 0.5) is 0 Å². The molecule has 1 aliphatic rings. The largest absolute Gasteiger partial charge is 0.383 e. The van der Waals surface area contributed by atoms with Crippen LogP contribution in [0.5, 0.6) is 0 Å². The Kier molecular flexibility index (Phi) is 4.57. The molecule has 9 nitrogen and oxygen atoms in total. The lowest BCUT2D eigenvalue weighted by molar-refractivity contribution is 0.187. The fourth-order valence-corrected chi connectivity index (χ4v) is 4.23. The van der Waals surface area contributed by atoms with Gasteiger partial charge in [0.2, 0.25) is 0 Å². The van der Waals surface area contributed by atoms with Crippen LogP contribution < -0.4 is 10.9 Å². The molecule has 4 heterocycles. The van der Waals surface area contributed by atoms with Gasteiger partial charge in [-0.25, -0.2) is 4.98 Å². The van der Waals surface area contributed by atoms with Crippen LogP contribution in [-0.4, -0.2) is 49.2 Å². The molecule has 0 radical (unpaired) electrons. The number of fused-ring (bicyclic) bond motifs is 3. The third-order valence-electron chi connectivity index (χ3n) is 5.36. The average molecular weight is 414 g/mol. The van der Waals surface area contributed by atoms with E-state index < -0.39 is 0 Å². The smallest absolute Gasteiger partial charge is 0.279 e. The lowest BCUT2D eigenvalue weighted by Crippen LogP contribution is -2.25. The summed E-state index contributed by atoms with van der Waals surface area (Å²) in [5.74, 6) is 0.444. The molecule has 1 aromatic carbocycles. The average Bonchev–Trinajstić information content (AvgIpc) is 3.47. The molecular weight excluding hydrogens is 394 g/mol. The molecule has 1 unspecified atom stereocenters. The highest BCUT2D eigenvalue weighted by Crippen LogP contribution is 2.26. The lowest BCUT2D eigenvalue weighted by Gasteiger charge is -2.13. The maximum absolute atomic E-state index is 13.4. The number of aromatic nitrogens is 6. The molecule has 0 saturated carbocycles. The highest BCUT2D eigenvalue weighted by Gasteiger charge is 2.22. The van der Waals surface area contributed by atoms with Gasteiger partial charge in [-0.2, -0.15) is 4.68 Å². The van der Waals surface area contributed by atoms with Crippen molar-refractivity contribution in [2.45, 2.75) is 25.4 Å². The topological polar surface area (TPSA) is 91.3 Å². The van der Waals surface area contributed by atoms with Crippen LogP contribution in [0.25, 0.3) is 22.4 Å². The summed E-state index contributed by atoms with van der Waals surface area (Å²) >= 11 is 6.44. The van der Waals surface area contributed by atoms with E-state index in [1.165, 1.54) is 0 Å². The molecule has 4 aromatic rings. The minimum Gasteiger partial charge on any atom is -0.383 e. The van der Waals surface area contributed by atoms with Gasteiger partial charge in [-0.3, -0.25) is 9.20 Å². The quantitative estimate of drug-likeness (QED) is 0.537. The van der Waals surface area contributed by atoms with E-state index >= 15 is 0 Å². The first-order chi connectivity index (χ1) is 14.2. The predicted molar refractivity (Wildman–Crippen MR) is 109 cm³/mol. The van der Waals surface area contributed by atoms with Gasteiger partial charge in [0.15, 0.2) is 11.3 Å². The fourth-order valence-electron chi connectivity index (χ4n) is 3.96. The zero-order valence-electron chi connectivity index (χ0n) is 15.9. The highest BCUT2D eigenvalue weighted by atomic mass is 35.5. The van der Waals surface area contributed by atoms with Crippen molar-refractivity contribution in [3.05, 3.63) is 51.8 Å². The van der Waals surface area contributed by atoms with Gasteiger partial charge in [0.1, 0.15) is 12.0 Å². The Bertz CT molecular complexity index is 1250. The molecule has 1 aliphatic heterocycles. The van der Waals surface area contributed by atoms with Crippen LogP contribution in [-0.2, 0) is 11.3 Å². The Morgan fingerprint density at radius 1 is 1.34 bits per heavy atom. The zero-order chi connectivity index (χ0) is 20.0. The lowest BCUT2D eigenvalue weighted by atomic mass is 10.2. The molecule has 1 atom stereocenters. The van der Waals surface area contributed by atoms with E-state index in [0.717, 1.165) is 30.6 Å². The Hall–Kier alpha value is -2.75. The third-order valence-corrected chi connectivity index (χ3v) is 5.66. The van der Waals surface area contributed by atoms with E-state index in [4.69, 9.17) is 16.3 Å². The highest BCUT2D eigenvalue weighted by molar-refractivity contribution is 6.35. The van der Waals surface area contributed by atoms with Crippen LogP contribution in [0.15, 0.2) is 35.5 Å². The van der Waals surface area contributed by atoms with Crippen LogP contribution in [0.1, 0.15) is 24.6 Å². The number of ether oxygens (including phenoxy) is 1. The number of nitrogens with one attached hydrogen (secondary N) is 1. The van der Waals surface area contributed by atoms with E-state index in [2.05, 4.69) is 20.6 Å². The number of nitrogens with zero attached hydrogens (tertiary/aromatic N) is 6. The first-order valence-electron chi connectivity index (χ1n) is 9.52. The van der Waals surface area contributed by atoms with Crippen LogP contribution in [0.2, 0.25) is 5.02 Å². The van der Waals surface area contributed by atoms with Gasteiger partial charge in [0.25, 0.3) is 5.56 Å². The molecule has 150 valence electrons. The van der Waals surface area contributed by atoms with Gasteiger partial charge in [-0.15, -0.1) is 5.10 Å². The second-order valence-corrected chi connectivity index (χ2v) is 7.49. The van der Waals surface area contributed by atoms with Crippen LogP contribution in [0, 0.1) is 0 Å². The van der Waals surface area contributed by atoms with Gasteiger partial charge in [-0.1, -0.05) is 22.9 Å². The van der Waals surface area contributed by atoms with Crippen molar-refractivity contribution >= 4 is 28.2 Å². The summed E-state index contributed by atoms with van der Waals surface area (Å²) in [4.78, 5) is 17.9. The van der Waals surface area contributed by atoms with Crippen molar-refractivity contribution < 1.29 is 4.74 Å². The predicted octanol–water partition coefficient (Wildman–Crippen LogP) is 1.95. The number of imidazole rings is 1. The molecule has 1 N–H and O–H groups in total. The van der Waals surface area contributed by atoms with Crippen molar-refractivity contribution in [1.29, 1.82) is 0 Å². The van der Waals surface area contributed by atoms with Gasteiger partial charge in [0, 0.05) is 13.7 Å². The van der Waals surface area contributed by atoms with Crippen molar-refractivity contribution in [3.63, 3.8) is 0 Å². The molecule has 0 aliphatic carbocycles. The Labute approximate surface area is 170 Å². The molecule has 0 amide bonds. The molecule has 5 rings (SSSR count). The summed E-state index contributed by atoms with van der Waals surface area (Å²) in [5, 5.41) is 12.4. The van der Waals surface area contributed by atoms with Crippen molar-refractivity contribution in [3.8, 4) is 5.82 Å². The van der Waals surface area contributed by atoms with E-state index in [1.807, 2.05) is 18.3 Å². The fraction of sp³-hybridized carbons (Fsp3) is 0.368. The molecule has 29 heavy (non-hydrogen) atoms. The second-order valence-electron chi connectivity index (χ2n) is 7.08. The molecule has 0 spiro atoms. The zero-order valence-corrected chi connectivity index (χ0v) is 16.6. The van der Waals surface area contributed by atoms with E-state index in [9.17, 15) is 4.79 Å². The standard InChI is InChI=1S/C19H20ClN7O2/c1-29-9-8-25-16-12(20)4-2-6-15(16)26-11-22-18(17(26)19(25)28)27-10-14(23-24-27)13-5-3-7-21-13/h2,4,6,10-11,13,21H,3,5,7-9H2,1H3. The van der Waals surface area contributed by atoms with E-state index in [1.54, 1.807) is 33.2 Å². The number of benzene rings is 1. The number of methoxy groups -OCH3 is 1. The van der Waals surface area contributed by atoms with E-state index in [-0.39, 0.29) is 11.6 Å². The summed E-state index contributed by atoms with van der Waals surface area (Å²) < 4.78 is 10.2. The summed E-state index contributed by atoms with van der Waals surface area (Å²) in [6, 6.07) is 5.73. The summed E-state index contributed by atoms with van der Waals surface area (Å²) in [6.45, 7) is 1.74. The normalized spacial score (nSPS) is 17.0. The maximum Gasteiger partial charge on any atom is 0.279 e. The molecule has 3 aromatic heterocycles.